The Morgan fingerprint density at radius 3 is 2.60 bits per heavy atom. The lowest BCUT2D eigenvalue weighted by Crippen LogP contribution is -2.22. The molecule has 0 amide bonds. The van der Waals surface area contributed by atoms with Crippen molar-refractivity contribution < 1.29 is 9.90 Å². The second-order valence-electron chi connectivity index (χ2n) is 3.22. The number of carboxylic acid groups (broad SMARTS) is 1. The number of hydrogen-bond acceptors (Lipinski definition) is 3. The lowest BCUT2D eigenvalue weighted by molar-refractivity contribution is -0.255. The maximum absolute atomic E-state index is 10.5. The summed E-state index contributed by atoms with van der Waals surface area (Å²) in [6.07, 6.45) is 5.27. The molecule has 2 rings (SSSR count). The molecule has 0 bridgehead atoms. The van der Waals surface area contributed by atoms with Gasteiger partial charge in [-0.3, -0.25) is 0 Å². The van der Waals surface area contributed by atoms with Crippen LogP contribution < -0.4 is 5.11 Å². The minimum Gasteiger partial charge on any atom is -0.545 e. The summed E-state index contributed by atoms with van der Waals surface area (Å²) in [4.78, 5) is 14.4. The van der Waals surface area contributed by atoms with Crippen LogP contribution in [0.1, 0.15) is 15.9 Å². The first-order chi connectivity index (χ1) is 7.25. The highest BCUT2D eigenvalue weighted by Crippen LogP contribution is 2.05. The van der Waals surface area contributed by atoms with Gasteiger partial charge in [0.1, 0.15) is 0 Å². The van der Waals surface area contributed by atoms with Crippen molar-refractivity contribution in [3.63, 3.8) is 0 Å². The largest absolute Gasteiger partial charge is 0.545 e. The summed E-state index contributed by atoms with van der Waals surface area (Å²) in [5, 5.41) is 10.5. The predicted octanol–water partition coefficient (Wildman–Crippen LogP) is 0.295. The maximum atomic E-state index is 10.5. The van der Waals surface area contributed by atoms with Crippen molar-refractivity contribution >= 4 is 5.97 Å². The molecule has 4 heteroatoms. The first-order valence-electron chi connectivity index (χ1n) is 4.52. The molecule has 1 heterocycles. The Balaban J connectivity index is 2.14. The van der Waals surface area contributed by atoms with Crippen LogP contribution in [0, 0.1) is 0 Å². The molecular formula is C11H9N2O2-. The first-order valence-corrected chi connectivity index (χ1v) is 4.52. The molecule has 2 aromatic rings. The van der Waals surface area contributed by atoms with Crippen molar-refractivity contribution in [3.05, 3.63) is 54.1 Å². The van der Waals surface area contributed by atoms with E-state index in [2.05, 4.69) is 4.98 Å². The summed E-state index contributed by atoms with van der Waals surface area (Å²) in [6, 6.07) is 6.62. The highest BCUT2D eigenvalue weighted by Gasteiger charge is 1.96. The fraction of sp³-hybridized carbons (Fsp3) is 0.0909. The minimum atomic E-state index is -1.15. The summed E-state index contributed by atoms with van der Waals surface area (Å²) in [5.74, 6) is -1.15. The summed E-state index contributed by atoms with van der Waals surface area (Å²) in [5.41, 5.74) is 1.22. The predicted molar refractivity (Wildman–Crippen MR) is 52.1 cm³/mol. The van der Waals surface area contributed by atoms with E-state index in [9.17, 15) is 9.90 Å². The number of nitrogens with zero attached hydrogens (tertiary/aromatic N) is 2. The van der Waals surface area contributed by atoms with Crippen LogP contribution in [0.15, 0.2) is 43.0 Å². The van der Waals surface area contributed by atoms with Gasteiger partial charge in [-0.05, 0) is 11.1 Å². The van der Waals surface area contributed by atoms with Gasteiger partial charge in [-0.25, -0.2) is 4.98 Å². The molecule has 0 fully saturated rings. The lowest BCUT2D eigenvalue weighted by Gasteiger charge is -2.05. The van der Waals surface area contributed by atoms with Gasteiger partial charge in [0, 0.05) is 18.9 Å². The van der Waals surface area contributed by atoms with Gasteiger partial charge in [0.2, 0.25) is 0 Å². The highest BCUT2D eigenvalue weighted by atomic mass is 16.4. The molecule has 0 spiro atoms. The normalized spacial score (nSPS) is 10.1. The van der Waals surface area contributed by atoms with Crippen molar-refractivity contribution in [1.29, 1.82) is 0 Å². The summed E-state index contributed by atoms with van der Waals surface area (Å²) in [6.45, 7) is 0.688. The van der Waals surface area contributed by atoms with Crippen LogP contribution >= 0.6 is 0 Å². The average Bonchev–Trinajstić information content (AvgIpc) is 2.71. The van der Waals surface area contributed by atoms with Gasteiger partial charge in [-0.15, -0.1) is 0 Å². The summed E-state index contributed by atoms with van der Waals surface area (Å²) < 4.78 is 1.91. The van der Waals surface area contributed by atoms with Gasteiger partial charge in [0.25, 0.3) is 0 Å². The third-order valence-electron chi connectivity index (χ3n) is 2.11. The number of aromatic carboxylic acids is 1. The number of aromatic nitrogens is 2. The van der Waals surface area contributed by atoms with Gasteiger partial charge in [-0.2, -0.15) is 0 Å². The van der Waals surface area contributed by atoms with E-state index >= 15 is 0 Å². The fourth-order valence-corrected chi connectivity index (χ4v) is 1.34. The monoisotopic (exact) mass is 201 g/mol. The highest BCUT2D eigenvalue weighted by molar-refractivity contribution is 5.85. The van der Waals surface area contributed by atoms with E-state index in [0.29, 0.717) is 6.54 Å². The molecule has 0 N–H and O–H groups in total. The molecule has 15 heavy (non-hydrogen) atoms. The Labute approximate surface area is 86.8 Å². The van der Waals surface area contributed by atoms with E-state index < -0.39 is 5.97 Å². The number of carbonyl (C=O) groups is 1. The Hall–Kier alpha value is -2.10. The van der Waals surface area contributed by atoms with Crippen molar-refractivity contribution in [1.82, 2.24) is 9.55 Å². The average molecular weight is 201 g/mol. The summed E-state index contributed by atoms with van der Waals surface area (Å²) in [7, 11) is 0. The van der Waals surface area contributed by atoms with Gasteiger partial charge in [0.05, 0.1) is 12.3 Å². The first kappa shape index (κ1) is 9.45. The smallest absolute Gasteiger partial charge is 0.0949 e. The third kappa shape index (κ3) is 2.22. The zero-order valence-electron chi connectivity index (χ0n) is 7.96. The van der Waals surface area contributed by atoms with Gasteiger partial charge in [-0.1, -0.05) is 24.3 Å². The van der Waals surface area contributed by atoms with Crippen molar-refractivity contribution in [2.45, 2.75) is 6.54 Å². The van der Waals surface area contributed by atoms with E-state index in [0.717, 1.165) is 5.56 Å². The molecule has 0 radical (unpaired) electrons. The van der Waals surface area contributed by atoms with Crippen LogP contribution in [-0.4, -0.2) is 15.5 Å². The Morgan fingerprint density at radius 2 is 2.07 bits per heavy atom. The third-order valence-corrected chi connectivity index (χ3v) is 2.11. The second kappa shape index (κ2) is 3.96. The number of benzene rings is 1. The van der Waals surface area contributed by atoms with Gasteiger partial charge < -0.3 is 14.5 Å². The van der Waals surface area contributed by atoms with Crippen molar-refractivity contribution in [2.75, 3.05) is 0 Å². The topological polar surface area (TPSA) is 57.9 Å². The number of carbonyl (C=O) groups excluding carboxylic acids is 1. The number of carboxylic acids is 1. The number of imidazole rings is 1. The molecule has 4 nitrogen and oxygen atoms in total. The molecule has 0 saturated carbocycles. The molecule has 0 aliphatic carbocycles. The van der Waals surface area contributed by atoms with Gasteiger partial charge >= 0.3 is 0 Å². The molecule has 1 aromatic carbocycles. The van der Waals surface area contributed by atoms with Crippen molar-refractivity contribution in [2.24, 2.45) is 0 Å². The zero-order valence-corrected chi connectivity index (χ0v) is 7.96. The van der Waals surface area contributed by atoms with E-state index in [1.165, 1.54) is 0 Å². The van der Waals surface area contributed by atoms with E-state index in [4.69, 9.17) is 0 Å². The summed E-state index contributed by atoms with van der Waals surface area (Å²) >= 11 is 0. The van der Waals surface area contributed by atoms with Crippen LogP contribution in [0.4, 0.5) is 0 Å². The molecule has 1 aromatic heterocycles. The van der Waals surface area contributed by atoms with E-state index in [-0.39, 0.29) is 5.56 Å². The standard InChI is InChI=1S/C11H10N2O2/c14-11(15)10-3-1-9(2-4-10)7-13-6-5-12-8-13/h1-6,8H,7H2,(H,14,15)/p-1. The molecule has 0 saturated heterocycles. The van der Waals surface area contributed by atoms with E-state index in [1.54, 1.807) is 36.8 Å². The lowest BCUT2D eigenvalue weighted by atomic mass is 10.1. The van der Waals surface area contributed by atoms with E-state index in [1.807, 2.05) is 10.8 Å². The quantitative estimate of drug-likeness (QED) is 0.717. The second-order valence-corrected chi connectivity index (χ2v) is 3.22. The maximum Gasteiger partial charge on any atom is 0.0949 e. The number of hydrogen-bond donors (Lipinski definition) is 0. The Morgan fingerprint density at radius 1 is 1.33 bits per heavy atom. The van der Waals surface area contributed by atoms with Crippen LogP contribution in [0.3, 0.4) is 0 Å². The zero-order chi connectivity index (χ0) is 10.7. The van der Waals surface area contributed by atoms with Gasteiger partial charge in [0.15, 0.2) is 0 Å². The van der Waals surface area contributed by atoms with Crippen LogP contribution in [0.2, 0.25) is 0 Å². The minimum absolute atomic E-state index is 0.199. The Kier molecular flexibility index (Phi) is 2.49. The Bertz CT molecular complexity index is 446. The molecule has 76 valence electrons. The van der Waals surface area contributed by atoms with Crippen LogP contribution in [0.5, 0.6) is 0 Å². The van der Waals surface area contributed by atoms with Crippen LogP contribution in [0.25, 0.3) is 0 Å². The molecular weight excluding hydrogens is 192 g/mol. The number of rotatable bonds is 3. The molecule has 0 aliphatic heterocycles. The van der Waals surface area contributed by atoms with Crippen LogP contribution in [-0.2, 0) is 6.54 Å². The molecule has 0 aliphatic rings. The van der Waals surface area contributed by atoms with Crippen molar-refractivity contribution in [3.8, 4) is 0 Å². The molecule has 0 unspecified atom stereocenters. The SMILES string of the molecule is O=C([O-])c1ccc(Cn2ccnc2)cc1. The molecule has 0 atom stereocenters. The fourth-order valence-electron chi connectivity index (χ4n) is 1.34.